The highest BCUT2D eigenvalue weighted by Gasteiger charge is 2.28. The average molecular weight is 154 g/mol. The van der Waals surface area contributed by atoms with Gasteiger partial charge in [0.15, 0.2) is 5.71 Å². The third kappa shape index (κ3) is 2.05. The monoisotopic (exact) mass is 154 g/mol. The minimum absolute atomic E-state index is 0.872. The van der Waals surface area contributed by atoms with Crippen LogP contribution in [-0.4, -0.2) is 23.9 Å². The quantitative estimate of drug-likeness (QED) is 0.549. The summed E-state index contributed by atoms with van der Waals surface area (Å²) >= 11 is 0. The lowest BCUT2D eigenvalue weighted by Gasteiger charge is -2.21. The van der Waals surface area contributed by atoms with E-state index in [2.05, 4.69) is 25.5 Å². The van der Waals surface area contributed by atoms with Gasteiger partial charge in [0.25, 0.3) is 0 Å². The maximum atomic E-state index is 2.46. The van der Waals surface area contributed by atoms with Gasteiger partial charge in [-0.2, -0.15) is 0 Å². The molecule has 0 amide bonds. The molecular weight excluding hydrogens is 134 g/mol. The molecule has 0 spiro atoms. The molecule has 0 aromatic rings. The Balaban J connectivity index is 2.37. The molecule has 1 saturated carbocycles. The molecule has 1 aliphatic carbocycles. The van der Waals surface area contributed by atoms with E-state index in [1.807, 2.05) is 0 Å². The molecule has 0 N–H and O–H groups in total. The Morgan fingerprint density at radius 2 is 2.27 bits per heavy atom. The zero-order valence-electron chi connectivity index (χ0n) is 8.06. The van der Waals surface area contributed by atoms with E-state index in [4.69, 9.17) is 0 Å². The maximum Gasteiger partial charge on any atom is 0.154 e. The van der Waals surface area contributed by atoms with E-state index < -0.39 is 0 Å². The summed E-state index contributed by atoms with van der Waals surface area (Å²) in [7, 11) is 2.24. The molecule has 0 aromatic carbocycles. The van der Waals surface area contributed by atoms with Crippen molar-refractivity contribution >= 4 is 5.71 Å². The fourth-order valence-corrected chi connectivity index (χ4v) is 1.67. The molecule has 0 aromatic heterocycles. The Hall–Kier alpha value is -0.330. The highest BCUT2D eigenvalue weighted by molar-refractivity contribution is 5.87. The third-order valence-corrected chi connectivity index (χ3v) is 2.74. The van der Waals surface area contributed by atoms with Gasteiger partial charge in [-0.1, -0.05) is 20.3 Å². The lowest BCUT2D eigenvalue weighted by Crippen LogP contribution is -2.32. The molecule has 64 valence electrons. The van der Waals surface area contributed by atoms with E-state index in [9.17, 15) is 0 Å². The summed E-state index contributed by atoms with van der Waals surface area (Å²) in [6.45, 7) is 5.85. The second-order valence-electron chi connectivity index (χ2n) is 3.71. The van der Waals surface area contributed by atoms with Crippen LogP contribution in [0.1, 0.15) is 39.5 Å². The maximum absolute atomic E-state index is 2.46. The molecule has 0 bridgehead atoms. The molecular formula is C10H20N+. The van der Waals surface area contributed by atoms with Gasteiger partial charge in [-0.15, -0.1) is 0 Å². The van der Waals surface area contributed by atoms with Gasteiger partial charge in [0.2, 0.25) is 0 Å². The molecule has 1 aliphatic rings. The van der Waals surface area contributed by atoms with Crippen LogP contribution >= 0.6 is 0 Å². The zero-order chi connectivity index (χ0) is 8.27. The third-order valence-electron chi connectivity index (χ3n) is 2.74. The van der Waals surface area contributed by atoms with Crippen LogP contribution in [0.5, 0.6) is 0 Å². The molecule has 0 radical (unpaired) electrons. The Morgan fingerprint density at radius 1 is 1.55 bits per heavy atom. The average Bonchev–Trinajstić information content (AvgIpc) is 1.98. The van der Waals surface area contributed by atoms with Gasteiger partial charge in [0.05, 0.1) is 0 Å². The molecule has 1 unspecified atom stereocenters. The minimum atomic E-state index is 0.872. The summed E-state index contributed by atoms with van der Waals surface area (Å²) in [5.74, 6) is 0.872. The molecule has 1 heteroatoms. The van der Waals surface area contributed by atoms with Crippen molar-refractivity contribution in [3.63, 3.8) is 0 Å². The number of hydrogen-bond acceptors (Lipinski definition) is 0. The summed E-state index contributed by atoms with van der Waals surface area (Å²) in [4.78, 5) is 0. The van der Waals surface area contributed by atoms with Gasteiger partial charge in [-0.25, -0.2) is 4.58 Å². The van der Waals surface area contributed by atoms with E-state index >= 15 is 0 Å². The number of rotatable bonds is 3. The second-order valence-corrected chi connectivity index (χ2v) is 3.71. The first-order valence-electron chi connectivity index (χ1n) is 4.82. The van der Waals surface area contributed by atoms with Crippen LogP contribution in [0.3, 0.4) is 0 Å². The largest absolute Gasteiger partial charge is 0.239 e. The van der Waals surface area contributed by atoms with Crippen LogP contribution in [0, 0.1) is 5.92 Å². The lowest BCUT2D eigenvalue weighted by molar-refractivity contribution is -0.503. The fraction of sp³-hybridized carbons (Fsp3) is 0.900. The summed E-state index contributed by atoms with van der Waals surface area (Å²) in [6.07, 6.45) is 5.41. The van der Waals surface area contributed by atoms with Crippen molar-refractivity contribution in [3.8, 4) is 0 Å². The molecule has 0 saturated heterocycles. The van der Waals surface area contributed by atoms with Crippen LogP contribution in [0.2, 0.25) is 0 Å². The predicted molar refractivity (Wildman–Crippen MR) is 49.4 cm³/mol. The Bertz CT molecular complexity index is 158. The number of nitrogens with zero attached hydrogens (tertiary/aromatic N) is 1. The highest BCUT2D eigenvalue weighted by atomic mass is 15.0. The molecule has 11 heavy (non-hydrogen) atoms. The highest BCUT2D eigenvalue weighted by Crippen LogP contribution is 2.22. The van der Waals surface area contributed by atoms with Crippen molar-refractivity contribution in [2.75, 3.05) is 13.6 Å². The van der Waals surface area contributed by atoms with Crippen LogP contribution in [0.15, 0.2) is 0 Å². The Labute approximate surface area is 70.1 Å². The van der Waals surface area contributed by atoms with Gasteiger partial charge < -0.3 is 0 Å². The summed E-state index contributed by atoms with van der Waals surface area (Å²) in [5, 5.41) is 0. The molecule has 1 atom stereocenters. The second kappa shape index (κ2) is 3.89. The van der Waals surface area contributed by atoms with Crippen LogP contribution < -0.4 is 0 Å². The first kappa shape index (κ1) is 8.76. The first-order chi connectivity index (χ1) is 5.25. The first-order valence-corrected chi connectivity index (χ1v) is 4.82. The van der Waals surface area contributed by atoms with E-state index in [0.717, 1.165) is 5.92 Å². The van der Waals surface area contributed by atoms with Crippen LogP contribution in [0.4, 0.5) is 0 Å². The van der Waals surface area contributed by atoms with Gasteiger partial charge in [0.1, 0.15) is 13.6 Å². The van der Waals surface area contributed by atoms with E-state index in [-0.39, 0.29) is 0 Å². The minimum Gasteiger partial charge on any atom is -0.239 e. The van der Waals surface area contributed by atoms with E-state index in [0.29, 0.717) is 0 Å². The van der Waals surface area contributed by atoms with Crippen LogP contribution in [-0.2, 0) is 0 Å². The predicted octanol–water partition coefficient (Wildman–Crippen LogP) is 2.30. The van der Waals surface area contributed by atoms with Gasteiger partial charge >= 0.3 is 0 Å². The number of unbranched alkanes of at least 4 members (excludes halogenated alkanes) is 1. The fourth-order valence-electron chi connectivity index (χ4n) is 1.67. The topological polar surface area (TPSA) is 3.01 Å². The normalized spacial score (nSPS) is 28.1. The van der Waals surface area contributed by atoms with Gasteiger partial charge in [-0.3, -0.25) is 0 Å². The van der Waals surface area contributed by atoms with E-state index in [1.165, 1.54) is 32.2 Å². The molecule has 0 heterocycles. The molecule has 0 aliphatic heterocycles. The van der Waals surface area contributed by atoms with Crippen molar-refractivity contribution in [3.05, 3.63) is 0 Å². The van der Waals surface area contributed by atoms with E-state index in [1.54, 1.807) is 5.71 Å². The van der Waals surface area contributed by atoms with Crippen molar-refractivity contribution in [2.24, 2.45) is 5.92 Å². The van der Waals surface area contributed by atoms with Crippen molar-refractivity contribution < 1.29 is 4.58 Å². The molecule has 1 nitrogen and oxygen atoms in total. The molecule has 1 rings (SSSR count). The number of hydrogen-bond donors (Lipinski definition) is 0. The van der Waals surface area contributed by atoms with Crippen molar-refractivity contribution in [2.45, 2.75) is 39.5 Å². The summed E-state index contributed by atoms with van der Waals surface area (Å²) in [5.41, 5.74) is 1.68. The Morgan fingerprint density at radius 3 is 2.64 bits per heavy atom. The Kier molecular flexibility index (Phi) is 3.10. The van der Waals surface area contributed by atoms with Gasteiger partial charge in [-0.05, 0) is 6.42 Å². The SMILES string of the molecule is CCCC[N+](C)=C1CCC1C. The molecule has 1 fully saturated rings. The lowest BCUT2D eigenvalue weighted by atomic mass is 9.84. The van der Waals surface area contributed by atoms with Gasteiger partial charge in [0, 0.05) is 18.8 Å². The van der Waals surface area contributed by atoms with Crippen molar-refractivity contribution in [1.29, 1.82) is 0 Å². The van der Waals surface area contributed by atoms with Crippen LogP contribution in [0.25, 0.3) is 0 Å². The van der Waals surface area contributed by atoms with Crippen molar-refractivity contribution in [1.82, 2.24) is 0 Å². The summed E-state index contributed by atoms with van der Waals surface area (Å²) in [6, 6.07) is 0. The standard InChI is InChI=1S/C10H20N/c1-4-5-8-11(3)10-7-6-9(10)2/h9H,4-8H2,1-3H3/q+1. The smallest absolute Gasteiger partial charge is 0.154 e. The zero-order valence-corrected chi connectivity index (χ0v) is 8.06. The summed E-state index contributed by atoms with van der Waals surface area (Å²) < 4.78 is 2.46.